The quantitative estimate of drug-likeness (QED) is 0.0296. The number of primary amides is 1. The number of aromatic amines is 1. The van der Waals surface area contributed by atoms with Crippen molar-refractivity contribution in [1.82, 2.24) is 42.2 Å². The van der Waals surface area contributed by atoms with Gasteiger partial charge in [0, 0.05) is 35.0 Å². The number of carboxylic acid groups (broad SMARTS) is 1. The van der Waals surface area contributed by atoms with Gasteiger partial charge in [0.1, 0.15) is 42.3 Å². The van der Waals surface area contributed by atoms with Gasteiger partial charge in [-0.1, -0.05) is 45.9 Å². The van der Waals surface area contributed by atoms with Gasteiger partial charge in [0.25, 0.3) is 0 Å². The fraction of sp³-hybridized carbons (Fsp3) is 0.595. The number of rotatable bonds is 29. The van der Waals surface area contributed by atoms with E-state index in [2.05, 4.69) is 67.5 Å². The SMILES string of the molecule is CC(C)C[C@H](NC(=O)[C@H](CCCCN)NC(=O)[C@@H](NC(=O)[C@H](CS)NC(=O)[C@@H](N)C(C)C)[C@@H](C)O)C(=O)N[C@@H](Cc1c[nH]c2ccccc12)C(=O)N[C@@H](CS)C(=O)N[C@@H](CC(N)=O)C(=O)O. The highest BCUT2D eigenvalue weighted by atomic mass is 32.1. The highest BCUT2D eigenvalue weighted by Gasteiger charge is 2.36. The normalized spacial score (nSPS) is 15.5. The van der Waals surface area contributed by atoms with Crippen molar-refractivity contribution < 1.29 is 53.4 Å². The number of hydrogen-bond donors (Lipinski definition) is 15. The maximum absolute atomic E-state index is 14.3. The molecule has 2 rings (SSSR count). The number of aliphatic carboxylic acids is 1. The Morgan fingerprint density at radius 1 is 0.667 bits per heavy atom. The van der Waals surface area contributed by atoms with Crippen molar-refractivity contribution in [2.75, 3.05) is 18.1 Å². The number of carboxylic acids is 1. The van der Waals surface area contributed by atoms with Crippen LogP contribution in [0.5, 0.6) is 0 Å². The van der Waals surface area contributed by atoms with Gasteiger partial charge in [-0.05, 0) is 62.6 Å². The molecule has 66 heavy (non-hydrogen) atoms. The summed E-state index contributed by atoms with van der Waals surface area (Å²) in [5, 5.41) is 38.3. The van der Waals surface area contributed by atoms with Crippen LogP contribution in [0.4, 0.5) is 0 Å². The molecule has 0 unspecified atom stereocenters. The first-order valence-electron chi connectivity index (χ1n) is 21.6. The molecule has 0 aliphatic heterocycles. The number of thiol groups is 2. The number of fused-ring (bicyclic) bond motifs is 1. The second-order valence-electron chi connectivity index (χ2n) is 16.7. The molecule has 0 saturated heterocycles. The van der Waals surface area contributed by atoms with E-state index in [1.165, 1.54) is 6.92 Å². The van der Waals surface area contributed by atoms with E-state index in [1.807, 2.05) is 0 Å². The topological polar surface area (TPSA) is 372 Å². The molecule has 16 N–H and O–H groups in total. The van der Waals surface area contributed by atoms with Gasteiger partial charge in [-0.25, -0.2) is 4.79 Å². The number of benzene rings is 1. The van der Waals surface area contributed by atoms with E-state index in [9.17, 15) is 53.4 Å². The highest BCUT2D eigenvalue weighted by Crippen LogP contribution is 2.20. The third-order valence-electron chi connectivity index (χ3n) is 10.4. The monoisotopic (exact) mass is 965 g/mol. The predicted octanol–water partition coefficient (Wildman–Crippen LogP) is -2.54. The van der Waals surface area contributed by atoms with Crippen LogP contribution >= 0.6 is 25.3 Å². The van der Waals surface area contributed by atoms with Crippen molar-refractivity contribution in [3.63, 3.8) is 0 Å². The van der Waals surface area contributed by atoms with Crippen LogP contribution in [0.25, 0.3) is 10.9 Å². The second-order valence-corrected chi connectivity index (χ2v) is 17.4. The summed E-state index contributed by atoms with van der Waals surface area (Å²) in [7, 11) is 0. The minimum Gasteiger partial charge on any atom is -0.480 e. The number of H-pyrrole nitrogens is 1. The van der Waals surface area contributed by atoms with Gasteiger partial charge in [0.05, 0.1) is 18.6 Å². The molecule has 22 nitrogen and oxygen atoms in total. The van der Waals surface area contributed by atoms with Crippen LogP contribution in [0.1, 0.15) is 72.3 Å². The van der Waals surface area contributed by atoms with Crippen molar-refractivity contribution in [1.29, 1.82) is 0 Å². The Labute approximate surface area is 394 Å². The van der Waals surface area contributed by atoms with Crippen LogP contribution in [-0.2, 0) is 49.6 Å². The van der Waals surface area contributed by atoms with Crippen molar-refractivity contribution in [3.05, 3.63) is 36.0 Å². The number of hydrogen-bond acceptors (Lipinski definition) is 14. The minimum absolute atomic E-state index is 0.0225. The summed E-state index contributed by atoms with van der Waals surface area (Å²) in [6, 6.07) is -3.78. The number of carbonyl (C=O) groups is 9. The second kappa shape index (κ2) is 27.9. The molecule has 1 aromatic carbocycles. The lowest BCUT2D eigenvalue weighted by atomic mass is 9.99. The van der Waals surface area contributed by atoms with Crippen molar-refractivity contribution in [3.8, 4) is 0 Å². The summed E-state index contributed by atoms with van der Waals surface area (Å²) in [5.74, 6) is -9.43. The Morgan fingerprint density at radius 2 is 1.17 bits per heavy atom. The molecule has 0 saturated carbocycles. The average Bonchev–Trinajstić information content (AvgIpc) is 3.66. The first-order chi connectivity index (χ1) is 31.0. The summed E-state index contributed by atoms with van der Waals surface area (Å²) in [6.07, 6.45) is 0.161. The van der Waals surface area contributed by atoms with Crippen LogP contribution in [0.3, 0.4) is 0 Å². The summed E-state index contributed by atoms with van der Waals surface area (Å²) >= 11 is 8.31. The molecular weight excluding hydrogens is 899 g/mol. The smallest absolute Gasteiger partial charge is 0.326 e. The number of amides is 8. The first-order valence-corrected chi connectivity index (χ1v) is 22.8. The van der Waals surface area contributed by atoms with E-state index in [4.69, 9.17) is 17.2 Å². The van der Waals surface area contributed by atoms with Gasteiger partial charge in [-0.15, -0.1) is 0 Å². The number of aromatic nitrogens is 1. The fourth-order valence-electron chi connectivity index (χ4n) is 6.56. The van der Waals surface area contributed by atoms with E-state index in [0.29, 0.717) is 18.4 Å². The summed E-state index contributed by atoms with van der Waals surface area (Å²) in [6.45, 7) is 8.51. The van der Waals surface area contributed by atoms with Crippen LogP contribution < -0.4 is 54.4 Å². The highest BCUT2D eigenvalue weighted by molar-refractivity contribution is 7.80. The van der Waals surface area contributed by atoms with Crippen LogP contribution in [-0.4, -0.2) is 141 Å². The van der Waals surface area contributed by atoms with Gasteiger partial charge in [-0.2, -0.15) is 25.3 Å². The van der Waals surface area contributed by atoms with Crippen molar-refractivity contribution in [2.45, 2.75) is 128 Å². The molecule has 368 valence electrons. The van der Waals surface area contributed by atoms with Gasteiger partial charge in [-0.3, -0.25) is 38.4 Å². The molecule has 0 radical (unpaired) electrons. The van der Waals surface area contributed by atoms with Crippen LogP contribution in [0.15, 0.2) is 30.5 Å². The molecular formula is C42H67N11O11S2. The zero-order chi connectivity index (χ0) is 49.8. The van der Waals surface area contributed by atoms with Crippen molar-refractivity contribution >= 4 is 89.4 Å². The Morgan fingerprint density at radius 3 is 1.71 bits per heavy atom. The van der Waals surface area contributed by atoms with Crippen molar-refractivity contribution in [2.24, 2.45) is 29.0 Å². The number of nitrogens with one attached hydrogen (secondary N) is 8. The van der Waals surface area contributed by atoms with E-state index in [0.717, 1.165) is 10.9 Å². The van der Waals surface area contributed by atoms with E-state index in [-0.39, 0.29) is 49.1 Å². The molecule has 8 amide bonds. The van der Waals surface area contributed by atoms with E-state index >= 15 is 0 Å². The molecule has 1 aromatic heterocycles. The van der Waals surface area contributed by atoms with Crippen LogP contribution in [0.2, 0.25) is 0 Å². The Hall–Kier alpha value is -5.43. The number of aliphatic hydroxyl groups is 1. The molecule has 0 fully saturated rings. The largest absolute Gasteiger partial charge is 0.480 e. The van der Waals surface area contributed by atoms with E-state index in [1.54, 1.807) is 58.2 Å². The maximum Gasteiger partial charge on any atom is 0.326 e. The molecule has 0 aliphatic rings. The molecule has 0 bridgehead atoms. The minimum atomic E-state index is -1.70. The maximum atomic E-state index is 14.3. The van der Waals surface area contributed by atoms with Gasteiger partial charge < -0.3 is 69.6 Å². The Bertz CT molecular complexity index is 2000. The molecule has 0 spiro atoms. The number of nitrogens with two attached hydrogens (primary N) is 3. The number of carbonyl (C=O) groups excluding carboxylic acids is 8. The zero-order valence-corrected chi connectivity index (χ0v) is 39.6. The lowest BCUT2D eigenvalue weighted by Crippen LogP contribution is -2.62. The molecule has 1 heterocycles. The fourth-order valence-corrected chi connectivity index (χ4v) is 7.08. The summed E-state index contributed by atoms with van der Waals surface area (Å²) in [4.78, 5) is 121. The molecule has 2 aromatic rings. The van der Waals surface area contributed by atoms with Gasteiger partial charge in [0.2, 0.25) is 47.3 Å². The third-order valence-corrected chi connectivity index (χ3v) is 11.1. The van der Waals surface area contributed by atoms with Gasteiger partial charge in [0.15, 0.2) is 0 Å². The lowest BCUT2D eigenvalue weighted by molar-refractivity contribution is -0.143. The molecule has 0 aliphatic carbocycles. The first kappa shape index (κ1) is 56.7. The zero-order valence-electron chi connectivity index (χ0n) is 37.8. The molecule has 24 heteroatoms. The van der Waals surface area contributed by atoms with E-state index < -0.39 is 114 Å². The van der Waals surface area contributed by atoms with Crippen LogP contribution in [0, 0.1) is 11.8 Å². The lowest BCUT2D eigenvalue weighted by Gasteiger charge is -2.29. The standard InChI is InChI=1S/C42H67N11O11S2/c1-20(2)14-27(48-35(56)26(12-8-9-13-43)47-41(62)34(22(5)54)53-39(60)31(19-66)52-40(61)33(45)21(3)4)36(57)49-28(15-23-17-46-25-11-7-6-10-24(23)25)37(58)51-30(18-65)38(59)50-29(42(63)64)16-32(44)55/h6-7,10-11,17,20-22,26-31,33-34,46,54,65-66H,8-9,12-16,18-19,43,45H2,1-5H3,(H2,44,55)(H,47,62)(H,48,56)(H,49,57)(H,50,59)(H,51,58)(H,52,61)(H,53,60)(H,63,64)/t22-,26+,27+,28+,29+,30+,31+,33+,34+/m1/s1. The summed E-state index contributed by atoms with van der Waals surface area (Å²) < 4.78 is 0. The number of aliphatic hydroxyl groups excluding tert-OH is 1. The predicted molar refractivity (Wildman–Crippen MR) is 252 cm³/mol. The number of para-hydroxylation sites is 1. The Kier molecular flexibility index (Phi) is 24.0. The third kappa shape index (κ3) is 18.1. The Balaban J connectivity index is 2.43. The average molecular weight is 966 g/mol. The molecule has 9 atom stereocenters. The number of unbranched alkanes of at least 4 members (excludes halogenated alkanes) is 1. The summed E-state index contributed by atoms with van der Waals surface area (Å²) in [5.41, 5.74) is 18.1. The van der Waals surface area contributed by atoms with Gasteiger partial charge >= 0.3 is 5.97 Å².